The molecular weight excluding hydrogens is 464 g/mol. The van der Waals surface area contributed by atoms with Gasteiger partial charge in [-0.05, 0) is 66.9 Å². The van der Waals surface area contributed by atoms with Gasteiger partial charge in [0.1, 0.15) is 16.8 Å². The fraction of sp³-hybridized carbons (Fsp3) is 0.167. The van der Waals surface area contributed by atoms with E-state index in [0.717, 1.165) is 44.9 Å². The minimum Gasteiger partial charge on any atom is -0.494 e. The molecule has 6 heteroatoms. The number of aromatic nitrogens is 3. The van der Waals surface area contributed by atoms with Gasteiger partial charge in [-0.25, -0.2) is 9.67 Å². The van der Waals surface area contributed by atoms with Crippen LogP contribution in [0, 0.1) is 17.2 Å². The molecule has 0 saturated carbocycles. The van der Waals surface area contributed by atoms with E-state index in [2.05, 4.69) is 24.9 Å². The smallest absolute Gasteiger partial charge is 0.135 e. The van der Waals surface area contributed by atoms with Crippen LogP contribution < -0.4 is 4.74 Å². The third-order valence-electron chi connectivity index (χ3n) is 5.80. The minimum atomic E-state index is 0.513. The molecule has 5 aromatic rings. The summed E-state index contributed by atoms with van der Waals surface area (Å²) in [4.78, 5) is 4.68. The highest BCUT2D eigenvalue weighted by Gasteiger charge is 2.15. The number of hydrogen-bond acceptors (Lipinski definition) is 5. The van der Waals surface area contributed by atoms with Crippen molar-refractivity contribution in [3.05, 3.63) is 95.6 Å². The monoisotopic (exact) mass is 490 g/mol. The Bertz CT molecular complexity index is 1510. The van der Waals surface area contributed by atoms with E-state index >= 15 is 0 Å². The molecule has 5 rings (SSSR count). The first-order chi connectivity index (χ1) is 17.6. The van der Waals surface area contributed by atoms with Gasteiger partial charge < -0.3 is 4.74 Å². The van der Waals surface area contributed by atoms with Gasteiger partial charge in [-0.1, -0.05) is 44.2 Å². The summed E-state index contributed by atoms with van der Waals surface area (Å²) in [7, 11) is 0. The Morgan fingerprint density at radius 3 is 2.50 bits per heavy atom. The molecule has 0 unspecified atom stereocenters. The van der Waals surface area contributed by atoms with Crippen molar-refractivity contribution < 1.29 is 4.74 Å². The molecule has 2 aromatic heterocycles. The number of rotatable bonds is 8. The molecule has 0 radical (unpaired) electrons. The number of ether oxygens (including phenoxy) is 1. The van der Waals surface area contributed by atoms with Crippen LogP contribution >= 0.6 is 11.3 Å². The molecule has 0 spiro atoms. The molecule has 0 aliphatic heterocycles. The Hall–Kier alpha value is -4.21. The van der Waals surface area contributed by atoms with Gasteiger partial charge in [0.15, 0.2) is 0 Å². The fourth-order valence-corrected chi connectivity index (χ4v) is 4.77. The van der Waals surface area contributed by atoms with Gasteiger partial charge in [0, 0.05) is 17.3 Å². The third kappa shape index (κ3) is 5.22. The number of nitrogens with zero attached hydrogens (tertiary/aromatic N) is 4. The van der Waals surface area contributed by atoms with Crippen molar-refractivity contribution in [1.82, 2.24) is 14.8 Å². The van der Waals surface area contributed by atoms with Crippen molar-refractivity contribution in [2.24, 2.45) is 5.92 Å². The maximum Gasteiger partial charge on any atom is 0.135 e. The summed E-state index contributed by atoms with van der Waals surface area (Å²) in [5, 5.41) is 15.6. The second-order valence-electron chi connectivity index (χ2n) is 8.93. The molecule has 178 valence electrons. The van der Waals surface area contributed by atoms with Crippen LogP contribution in [0.1, 0.15) is 30.8 Å². The lowest BCUT2D eigenvalue weighted by Gasteiger charge is -2.08. The maximum absolute atomic E-state index is 10.0. The van der Waals surface area contributed by atoms with Gasteiger partial charge >= 0.3 is 0 Å². The van der Waals surface area contributed by atoms with Crippen LogP contribution in [0.15, 0.2) is 85.1 Å². The van der Waals surface area contributed by atoms with Crippen LogP contribution in [0.25, 0.3) is 38.8 Å². The molecule has 5 nitrogen and oxygen atoms in total. The molecular formula is C30H26N4OS. The summed E-state index contributed by atoms with van der Waals surface area (Å²) in [6.45, 7) is 5.07. The molecule has 36 heavy (non-hydrogen) atoms. The molecule has 0 aliphatic carbocycles. The predicted octanol–water partition coefficient (Wildman–Crippen LogP) is 7.64. The highest BCUT2D eigenvalue weighted by atomic mass is 32.1. The Morgan fingerprint density at radius 2 is 1.78 bits per heavy atom. The van der Waals surface area contributed by atoms with Crippen LogP contribution in [0.3, 0.4) is 0 Å². The van der Waals surface area contributed by atoms with Crippen molar-refractivity contribution >= 4 is 33.2 Å². The maximum atomic E-state index is 10.0. The van der Waals surface area contributed by atoms with Crippen LogP contribution in [0.2, 0.25) is 0 Å². The normalized spacial score (nSPS) is 11.7. The number of fused-ring (bicyclic) bond motifs is 1. The second-order valence-corrected chi connectivity index (χ2v) is 9.96. The van der Waals surface area contributed by atoms with Gasteiger partial charge in [0.2, 0.25) is 0 Å². The number of allylic oxidation sites excluding steroid dienone is 1. The molecule has 0 N–H and O–H groups in total. The van der Waals surface area contributed by atoms with Crippen LogP contribution in [0.4, 0.5) is 0 Å². The number of hydrogen-bond donors (Lipinski definition) is 0. The van der Waals surface area contributed by atoms with E-state index in [9.17, 15) is 5.26 Å². The van der Waals surface area contributed by atoms with Crippen molar-refractivity contribution in [3.63, 3.8) is 0 Å². The van der Waals surface area contributed by atoms with Crippen molar-refractivity contribution in [2.45, 2.75) is 20.3 Å². The molecule has 0 aliphatic rings. The molecule has 0 fully saturated rings. The Balaban J connectivity index is 1.53. The molecule has 0 amide bonds. The zero-order chi connectivity index (χ0) is 24.9. The Morgan fingerprint density at radius 1 is 1.03 bits per heavy atom. The number of thiazole rings is 1. The fourth-order valence-electron chi connectivity index (χ4n) is 3.84. The van der Waals surface area contributed by atoms with Crippen molar-refractivity contribution in [1.29, 1.82) is 5.26 Å². The first kappa shape index (κ1) is 23.5. The summed E-state index contributed by atoms with van der Waals surface area (Å²) < 4.78 is 8.80. The molecule has 2 heterocycles. The third-order valence-corrected chi connectivity index (χ3v) is 6.87. The molecule has 3 aromatic carbocycles. The van der Waals surface area contributed by atoms with Crippen molar-refractivity contribution in [2.75, 3.05) is 6.61 Å². The predicted molar refractivity (Wildman–Crippen MR) is 147 cm³/mol. The van der Waals surface area contributed by atoms with Gasteiger partial charge in [-0.3, -0.25) is 0 Å². The first-order valence-electron chi connectivity index (χ1n) is 12.0. The van der Waals surface area contributed by atoms with Gasteiger partial charge in [-0.15, -0.1) is 11.3 Å². The number of benzene rings is 3. The van der Waals surface area contributed by atoms with Gasteiger partial charge in [0.05, 0.1) is 33.8 Å². The highest BCUT2D eigenvalue weighted by Crippen LogP contribution is 2.32. The highest BCUT2D eigenvalue weighted by molar-refractivity contribution is 7.19. The van der Waals surface area contributed by atoms with Crippen molar-refractivity contribution in [3.8, 4) is 28.8 Å². The average molecular weight is 491 g/mol. The van der Waals surface area contributed by atoms with E-state index in [0.29, 0.717) is 23.1 Å². The largest absolute Gasteiger partial charge is 0.494 e. The second kappa shape index (κ2) is 10.6. The zero-order valence-corrected chi connectivity index (χ0v) is 21.1. The topological polar surface area (TPSA) is 63.7 Å². The minimum absolute atomic E-state index is 0.513. The lowest BCUT2D eigenvalue weighted by Crippen LogP contribution is -2.01. The Labute approximate surface area is 214 Å². The number of nitriles is 1. The van der Waals surface area contributed by atoms with E-state index in [-0.39, 0.29) is 0 Å². The van der Waals surface area contributed by atoms with E-state index in [1.807, 2.05) is 95.8 Å². The summed E-state index contributed by atoms with van der Waals surface area (Å²) in [6, 6.07) is 28.2. The van der Waals surface area contributed by atoms with Crippen LogP contribution in [0.5, 0.6) is 5.75 Å². The number of para-hydroxylation sites is 2. The van der Waals surface area contributed by atoms with Gasteiger partial charge in [0.25, 0.3) is 0 Å². The zero-order valence-electron chi connectivity index (χ0n) is 20.3. The first-order valence-corrected chi connectivity index (χ1v) is 12.8. The molecule has 0 bridgehead atoms. The summed E-state index contributed by atoms with van der Waals surface area (Å²) in [6.07, 6.45) is 4.86. The van der Waals surface area contributed by atoms with E-state index in [4.69, 9.17) is 9.84 Å². The van der Waals surface area contributed by atoms with Crippen LogP contribution in [-0.2, 0) is 0 Å². The standard InChI is InChI=1S/C30H26N4OS/c1-21(2)16-17-35-26-14-12-22(13-15-26)29-24(20-34(33-29)25-8-4-3-5-9-25)18-23(19-31)30-32-27-10-6-7-11-28(27)36-30/h3-15,18,20-21H,16-17H2,1-2H3/b23-18+. The summed E-state index contributed by atoms with van der Waals surface area (Å²) >= 11 is 1.52. The molecule has 0 atom stereocenters. The lowest BCUT2D eigenvalue weighted by atomic mass is 10.1. The lowest BCUT2D eigenvalue weighted by molar-refractivity contribution is 0.289. The van der Waals surface area contributed by atoms with E-state index in [1.54, 1.807) is 0 Å². The summed E-state index contributed by atoms with van der Waals surface area (Å²) in [5.41, 5.74) is 4.95. The SMILES string of the molecule is CC(C)CCOc1ccc(-c2nn(-c3ccccc3)cc2/C=C(\C#N)c2nc3ccccc3s2)cc1. The quantitative estimate of drug-likeness (QED) is 0.210. The van der Waals surface area contributed by atoms with E-state index in [1.165, 1.54) is 11.3 Å². The van der Waals surface area contributed by atoms with E-state index < -0.39 is 0 Å². The average Bonchev–Trinajstić information content (AvgIpc) is 3.52. The van der Waals surface area contributed by atoms with Gasteiger partial charge in [-0.2, -0.15) is 10.4 Å². The summed E-state index contributed by atoms with van der Waals surface area (Å²) in [5.74, 6) is 1.44. The van der Waals surface area contributed by atoms with Crippen LogP contribution in [-0.4, -0.2) is 21.4 Å². The Kier molecular flexibility index (Phi) is 6.92. The molecule has 0 saturated heterocycles.